The summed E-state index contributed by atoms with van der Waals surface area (Å²) in [7, 11) is 0. The van der Waals surface area contributed by atoms with Crippen LogP contribution in [0.1, 0.15) is 47.0 Å². The van der Waals surface area contributed by atoms with E-state index in [0.29, 0.717) is 11.7 Å². The number of rotatable bonds is 4. The van der Waals surface area contributed by atoms with Crippen LogP contribution >= 0.6 is 0 Å². The Kier molecular flexibility index (Phi) is 4.80. The summed E-state index contributed by atoms with van der Waals surface area (Å²) < 4.78 is 0. The maximum Gasteiger partial charge on any atom is 0.132 e. The van der Waals surface area contributed by atoms with Gasteiger partial charge >= 0.3 is 0 Å². The van der Waals surface area contributed by atoms with Gasteiger partial charge in [0, 0.05) is 48.8 Å². The molecule has 0 saturated heterocycles. The van der Waals surface area contributed by atoms with Gasteiger partial charge in [-0.1, -0.05) is 29.8 Å². The van der Waals surface area contributed by atoms with Gasteiger partial charge in [-0.2, -0.15) is 0 Å². The van der Waals surface area contributed by atoms with Crippen molar-refractivity contribution < 1.29 is 5.11 Å². The molecule has 0 bridgehead atoms. The van der Waals surface area contributed by atoms with E-state index in [9.17, 15) is 5.11 Å². The molecular weight excluding hydrogens is 358 g/mol. The molecule has 1 N–H and O–H groups in total. The highest BCUT2D eigenvalue weighted by Crippen LogP contribution is 2.40. The first kappa shape index (κ1) is 18.3. The quantitative estimate of drug-likeness (QED) is 0.711. The summed E-state index contributed by atoms with van der Waals surface area (Å²) in [5.41, 5.74) is 7.32. The molecule has 2 heterocycles. The third-order valence-corrected chi connectivity index (χ3v) is 6.06. The molecule has 0 atom stereocenters. The molecule has 0 amide bonds. The van der Waals surface area contributed by atoms with Crippen molar-refractivity contribution in [2.45, 2.75) is 45.1 Å². The largest absolute Gasteiger partial charge is 0.508 e. The number of benzene rings is 2. The van der Waals surface area contributed by atoms with Gasteiger partial charge in [-0.05, 0) is 56.0 Å². The maximum absolute atomic E-state index is 9.69. The predicted molar refractivity (Wildman–Crippen MR) is 115 cm³/mol. The molecule has 148 valence electrons. The van der Waals surface area contributed by atoms with E-state index in [0.717, 1.165) is 49.6 Å². The smallest absolute Gasteiger partial charge is 0.132 e. The first-order valence-corrected chi connectivity index (χ1v) is 10.6. The van der Waals surface area contributed by atoms with E-state index in [1.807, 2.05) is 12.1 Å². The highest BCUT2D eigenvalue weighted by Gasteiger charge is 2.29. The van der Waals surface area contributed by atoms with Gasteiger partial charge in [0.15, 0.2) is 0 Å². The lowest BCUT2D eigenvalue weighted by atomic mass is 10.0. The molecule has 2 aromatic carbocycles. The van der Waals surface area contributed by atoms with Gasteiger partial charge in [-0.3, -0.25) is 4.90 Å². The topological polar surface area (TPSA) is 49.2 Å². The molecule has 0 unspecified atom stereocenters. The van der Waals surface area contributed by atoms with Gasteiger partial charge in [0.2, 0.25) is 0 Å². The van der Waals surface area contributed by atoms with E-state index in [-0.39, 0.29) is 0 Å². The van der Waals surface area contributed by atoms with E-state index in [2.05, 4.69) is 36.1 Å². The zero-order chi connectivity index (χ0) is 19.8. The van der Waals surface area contributed by atoms with Crippen molar-refractivity contribution in [1.29, 1.82) is 0 Å². The molecule has 0 spiro atoms. The van der Waals surface area contributed by atoms with Crippen molar-refractivity contribution in [3.8, 4) is 17.0 Å². The summed E-state index contributed by atoms with van der Waals surface area (Å²) in [6.45, 7) is 5.15. The summed E-state index contributed by atoms with van der Waals surface area (Å²) in [5.74, 6) is 1.84. The Bertz CT molecular complexity index is 1010. The van der Waals surface area contributed by atoms with E-state index >= 15 is 0 Å². The van der Waals surface area contributed by atoms with Crippen LogP contribution in [0.3, 0.4) is 0 Å². The molecule has 1 aliphatic carbocycles. The lowest BCUT2D eigenvalue weighted by Gasteiger charge is -2.19. The van der Waals surface area contributed by atoms with Crippen LogP contribution in [0.5, 0.6) is 5.75 Å². The van der Waals surface area contributed by atoms with Crippen LogP contribution < -0.4 is 0 Å². The molecule has 5 rings (SSSR count). The number of hydrogen-bond acceptors (Lipinski definition) is 4. The number of hydrogen-bond donors (Lipinski definition) is 1. The van der Waals surface area contributed by atoms with Crippen LogP contribution in [0.15, 0.2) is 48.5 Å². The standard InChI is InChI=1S/C25H27N3O/c1-17-2-4-18(5-3-17)16-28-14-12-22-23(13-15-28)26-25(20-6-7-20)27-24(22)19-8-10-21(29)11-9-19/h2-5,8-11,20,29H,6-7,12-16H2,1H3. The fraction of sp³-hybridized carbons (Fsp3) is 0.360. The molecule has 4 nitrogen and oxygen atoms in total. The van der Waals surface area contributed by atoms with E-state index in [4.69, 9.17) is 9.97 Å². The lowest BCUT2D eigenvalue weighted by Crippen LogP contribution is -2.25. The monoisotopic (exact) mass is 385 g/mol. The van der Waals surface area contributed by atoms with Crippen molar-refractivity contribution >= 4 is 0 Å². The summed E-state index contributed by atoms with van der Waals surface area (Å²) >= 11 is 0. The van der Waals surface area contributed by atoms with Gasteiger partial charge in [-0.15, -0.1) is 0 Å². The summed E-state index contributed by atoms with van der Waals surface area (Å²) in [6, 6.07) is 16.3. The summed E-state index contributed by atoms with van der Waals surface area (Å²) in [4.78, 5) is 12.5. The molecule has 1 aromatic heterocycles. The number of nitrogens with zero attached hydrogens (tertiary/aromatic N) is 3. The molecule has 1 aliphatic heterocycles. The number of fused-ring (bicyclic) bond motifs is 1. The number of phenols is 1. The van der Waals surface area contributed by atoms with Gasteiger partial charge < -0.3 is 5.11 Å². The van der Waals surface area contributed by atoms with Crippen LogP contribution in [0.4, 0.5) is 0 Å². The van der Waals surface area contributed by atoms with Crippen molar-refractivity contribution in [2.24, 2.45) is 0 Å². The number of aromatic nitrogens is 2. The number of aromatic hydroxyl groups is 1. The van der Waals surface area contributed by atoms with Crippen molar-refractivity contribution in [3.05, 3.63) is 76.7 Å². The Hall–Kier alpha value is -2.72. The molecule has 29 heavy (non-hydrogen) atoms. The third-order valence-electron chi connectivity index (χ3n) is 6.06. The average molecular weight is 386 g/mol. The van der Waals surface area contributed by atoms with Gasteiger partial charge in [0.1, 0.15) is 11.6 Å². The van der Waals surface area contributed by atoms with Gasteiger partial charge in [-0.25, -0.2) is 9.97 Å². The maximum atomic E-state index is 9.69. The first-order chi connectivity index (χ1) is 14.2. The molecule has 2 aliphatic rings. The minimum Gasteiger partial charge on any atom is -0.508 e. The van der Waals surface area contributed by atoms with Gasteiger partial charge in [0.05, 0.1) is 5.69 Å². The molecule has 0 radical (unpaired) electrons. The fourth-order valence-electron chi connectivity index (χ4n) is 4.16. The average Bonchev–Trinajstić information content (AvgIpc) is 3.58. The minimum atomic E-state index is 0.292. The van der Waals surface area contributed by atoms with E-state index in [1.165, 1.54) is 35.2 Å². The second-order valence-corrected chi connectivity index (χ2v) is 8.44. The Morgan fingerprint density at radius 1 is 0.931 bits per heavy atom. The minimum absolute atomic E-state index is 0.292. The second kappa shape index (κ2) is 7.60. The lowest BCUT2D eigenvalue weighted by molar-refractivity contribution is 0.279. The summed E-state index contributed by atoms with van der Waals surface area (Å²) in [6.07, 6.45) is 4.33. The van der Waals surface area contributed by atoms with E-state index in [1.54, 1.807) is 12.1 Å². The normalized spacial score (nSPS) is 17.0. The van der Waals surface area contributed by atoms with E-state index < -0.39 is 0 Å². The highest BCUT2D eigenvalue weighted by molar-refractivity contribution is 5.65. The zero-order valence-corrected chi connectivity index (χ0v) is 16.9. The summed E-state index contributed by atoms with van der Waals surface area (Å²) in [5, 5.41) is 9.69. The van der Waals surface area contributed by atoms with Crippen molar-refractivity contribution in [1.82, 2.24) is 14.9 Å². The van der Waals surface area contributed by atoms with Crippen LogP contribution in [-0.4, -0.2) is 33.1 Å². The highest BCUT2D eigenvalue weighted by atomic mass is 16.3. The molecule has 3 aromatic rings. The first-order valence-electron chi connectivity index (χ1n) is 10.6. The van der Waals surface area contributed by atoms with Crippen molar-refractivity contribution in [3.63, 3.8) is 0 Å². The zero-order valence-electron chi connectivity index (χ0n) is 16.9. The Balaban J connectivity index is 1.44. The van der Waals surface area contributed by atoms with Crippen LogP contribution in [0.2, 0.25) is 0 Å². The van der Waals surface area contributed by atoms with Crippen molar-refractivity contribution in [2.75, 3.05) is 13.1 Å². The Morgan fingerprint density at radius 2 is 1.66 bits per heavy atom. The predicted octanol–water partition coefficient (Wildman–Crippen LogP) is 4.64. The molecule has 4 heteroatoms. The SMILES string of the molecule is Cc1ccc(CN2CCc3nc(C4CC4)nc(-c4ccc(O)cc4)c3CC2)cc1. The van der Waals surface area contributed by atoms with Crippen LogP contribution in [0, 0.1) is 6.92 Å². The van der Waals surface area contributed by atoms with Crippen LogP contribution in [-0.2, 0) is 19.4 Å². The molecule has 1 saturated carbocycles. The number of aryl methyl sites for hydroxylation is 1. The number of phenolic OH excluding ortho intramolecular Hbond substituents is 1. The molecular formula is C25H27N3O. The van der Waals surface area contributed by atoms with Gasteiger partial charge in [0.25, 0.3) is 0 Å². The Morgan fingerprint density at radius 3 is 2.38 bits per heavy atom. The van der Waals surface area contributed by atoms with Crippen LogP contribution in [0.25, 0.3) is 11.3 Å². The second-order valence-electron chi connectivity index (χ2n) is 8.44. The Labute approximate surface area is 172 Å². The molecule has 1 fully saturated rings. The fourth-order valence-corrected chi connectivity index (χ4v) is 4.16. The third kappa shape index (κ3) is 4.03.